The molecule has 156 valence electrons. The number of halogens is 6. The van der Waals surface area contributed by atoms with Crippen LogP contribution in [0.15, 0.2) is 18.5 Å². The molecule has 1 aliphatic heterocycles. The number of fused-ring (bicyclic) bond motifs is 1. The third-order valence-corrected chi connectivity index (χ3v) is 4.60. The lowest BCUT2D eigenvalue weighted by molar-refractivity contribution is -0.267. The van der Waals surface area contributed by atoms with Crippen LogP contribution < -0.4 is 10.6 Å². The van der Waals surface area contributed by atoms with Gasteiger partial charge in [-0.1, -0.05) is 0 Å². The van der Waals surface area contributed by atoms with Gasteiger partial charge in [0, 0.05) is 6.20 Å². The Morgan fingerprint density at radius 1 is 1.17 bits per heavy atom. The summed E-state index contributed by atoms with van der Waals surface area (Å²) in [4.78, 5) is 5.16. The molecule has 29 heavy (non-hydrogen) atoms. The Labute approximate surface area is 157 Å². The van der Waals surface area contributed by atoms with Gasteiger partial charge in [-0.2, -0.15) is 36.5 Å². The molecule has 4 N–H and O–H groups in total. The second-order valence-electron chi connectivity index (χ2n) is 6.77. The molecule has 0 radical (unpaired) electrons. The molecular formula is C15H13F6N7O. The number of nitrogens with one attached hydrogen (secondary N) is 1. The molecule has 8 nitrogen and oxygen atoms in total. The van der Waals surface area contributed by atoms with Crippen molar-refractivity contribution in [1.82, 2.24) is 25.0 Å². The molecule has 0 unspecified atom stereocenters. The van der Waals surface area contributed by atoms with Gasteiger partial charge in [0.05, 0.1) is 41.6 Å². The van der Waals surface area contributed by atoms with Crippen molar-refractivity contribution in [2.75, 3.05) is 23.7 Å². The van der Waals surface area contributed by atoms with E-state index in [0.29, 0.717) is 4.68 Å². The van der Waals surface area contributed by atoms with Gasteiger partial charge in [-0.3, -0.25) is 14.8 Å². The van der Waals surface area contributed by atoms with E-state index in [2.05, 4.69) is 20.3 Å². The Balaban J connectivity index is 1.77. The van der Waals surface area contributed by atoms with Crippen LogP contribution in [-0.4, -0.2) is 61.1 Å². The van der Waals surface area contributed by atoms with Crippen LogP contribution in [0.3, 0.4) is 0 Å². The first-order valence-electron chi connectivity index (χ1n) is 8.14. The van der Waals surface area contributed by atoms with Gasteiger partial charge < -0.3 is 15.7 Å². The highest BCUT2D eigenvalue weighted by Crippen LogP contribution is 2.41. The molecule has 0 saturated carbocycles. The van der Waals surface area contributed by atoms with E-state index in [1.807, 2.05) is 0 Å². The lowest BCUT2D eigenvalue weighted by Gasteiger charge is -2.47. The van der Waals surface area contributed by atoms with Crippen LogP contribution in [0.1, 0.15) is 0 Å². The van der Waals surface area contributed by atoms with E-state index >= 15 is 0 Å². The van der Waals surface area contributed by atoms with Crippen LogP contribution in [0.4, 0.5) is 37.8 Å². The molecule has 14 heteroatoms. The van der Waals surface area contributed by atoms with Gasteiger partial charge in [0.25, 0.3) is 0 Å². The number of alkyl halides is 6. The fourth-order valence-corrected chi connectivity index (χ4v) is 3.13. The zero-order valence-corrected chi connectivity index (χ0v) is 14.4. The number of rotatable bonds is 3. The van der Waals surface area contributed by atoms with Gasteiger partial charge >= 0.3 is 12.4 Å². The molecule has 0 atom stereocenters. The van der Waals surface area contributed by atoms with Crippen molar-refractivity contribution in [3.63, 3.8) is 0 Å². The van der Waals surface area contributed by atoms with E-state index in [1.165, 1.54) is 18.5 Å². The van der Waals surface area contributed by atoms with Crippen molar-refractivity contribution < 1.29 is 31.4 Å². The Kier molecular flexibility index (Phi) is 3.98. The largest absolute Gasteiger partial charge is 0.420 e. The summed E-state index contributed by atoms with van der Waals surface area (Å²) in [5.74, 6) is -0.130. The maximum absolute atomic E-state index is 13.0. The topological polar surface area (TPSA) is 109 Å². The molecular weight excluding hydrogens is 408 g/mol. The number of aromatic nitrogens is 5. The maximum atomic E-state index is 13.0. The predicted molar refractivity (Wildman–Crippen MR) is 88.8 cm³/mol. The molecule has 0 amide bonds. The molecule has 0 aliphatic carbocycles. The number of H-pyrrole nitrogens is 1. The SMILES string of the molecule is Nc1cn[nH]c1-c1cc2c(cn1)c(N1CC(O)(C(F)(F)F)C1)nn2CC(F)(F)F. The molecule has 3 aromatic heterocycles. The lowest BCUT2D eigenvalue weighted by Crippen LogP contribution is -2.69. The standard InChI is InChI=1S/C15H13F6N7O/c16-14(17,18)6-28-10-1-9(11-8(22)3-24-25-11)23-2-7(10)12(26-28)27-4-13(29,5-27)15(19,20)21/h1-3,29H,4-6,22H2,(H,24,25). The van der Waals surface area contributed by atoms with Crippen molar-refractivity contribution >= 4 is 22.4 Å². The molecule has 1 aliphatic rings. The molecule has 1 saturated heterocycles. The van der Waals surface area contributed by atoms with E-state index in [0.717, 1.165) is 4.90 Å². The third-order valence-electron chi connectivity index (χ3n) is 4.60. The average molecular weight is 421 g/mol. The average Bonchev–Trinajstić information content (AvgIpc) is 3.13. The van der Waals surface area contributed by atoms with Gasteiger partial charge in [-0.25, -0.2) is 0 Å². The molecule has 3 aromatic rings. The summed E-state index contributed by atoms with van der Waals surface area (Å²) in [6.07, 6.45) is -6.98. The Hall–Kier alpha value is -3.03. The number of aliphatic hydroxyl groups is 1. The first-order valence-corrected chi connectivity index (χ1v) is 8.14. The summed E-state index contributed by atoms with van der Waals surface area (Å²) in [5.41, 5.74) is 3.48. The Morgan fingerprint density at radius 3 is 2.41 bits per heavy atom. The quantitative estimate of drug-likeness (QED) is 0.559. The number of nitrogens with two attached hydrogens (primary N) is 1. The van der Waals surface area contributed by atoms with Crippen LogP contribution in [0.25, 0.3) is 22.3 Å². The molecule has 0 bridgehead atoms. The van der Waals surface area contributed by atoms with E-state index in [1.54, 1.807) is 0 Å². The minimum Gasteiger partial charge on any atom is -0.396 e. The van der Waals surface area contributed by atoms with Crippen molar-refractivity contribution in [2.45, 2.75) is 24.5 Å². The highest BCUT2D eigenvalue weighted by molar-refractivity contribution is 5.93. The Morgan fingerprint density at radius 2 is 1.86 bits per heavy atom. The molecule has 1 fully saturated rings. The zero-order chi connectivity index (χ0) is 21.2. The number of aromatic amines is 1. The minimum absolute atomic E-state index is 0.00114. The van der Waals surface area contributed by atoms with Gasteiger partial charge in [-0.15, -0.1) is 0 Å². The second-order valence-corrected chi connectivity index (χ2v) is 6.77. The number of anilines is 2. The highest BCUT2D eigenvalue weighted by atomic mass is 19.4. The van der Waals surface area contributed by atoms with Crippen LogP contribution in [-0.2, 0) is 6.54 Å². The normalized spacial score (nSPS) is 17.0. The highest BCUT2D eigenvalue weighted by Gasteiger charge is 2.61. The number of pyridine rings is 1. The van der Waals surface area contributed by atoms with Crippen LogP contribution in [0.2, 0.25) is 0 Å². The molecule has 0 spiro atoms. The van der Waals surface area contributed by atoms with Gasteiger partial charge in [0.1, 0.15) is 12.2 Å². The third kappa shape index (κ3) is 3.22. The summed E-state index contributed by atoms with van der Waals surface area (Å²) in [6, 6.07) is 1.29. The molecule has 0 aromatic carbocycles. The summed E-state index contributed by atoms with van der Waals surface area (Å²) in [6.45, 7) is -3.14. The van der Waals surface area contributed by atoms with Crippen LogP contribution >= 0.6 is 0 Å². The first kappa shape index (κ1) is 19.3. The number of hydrogen-bond acceptors (Lipinski definition) is 6. The molecule has 4 rings (SSSR count). The van der Waals surface area contributed by atoms with Crippen molar-refractivity contribution in [1.29, 1.82) is 0 Å². The zero-order valence-electron chi connectivity index (χ0n) is 14.4. The first-order chi connectivity index (χ1) is 13.4. The van der Waals surface area contributed by atoms with Gasteiger partial charge in [0.15, 0.2) is 11.4 Å². The monoisotopic (exact) mass is 421 g/mol. The maximum Gasteiger partial charge on any atom is 0.420 e. The number of β-amino-alcohol motifs (C(OH)–C–C–N with tert-alkyl or cyclic N) is 1. The van der Waals surface area contributed by atoms with Gasteiger partial charge in [-0.05, 0) is 6.07 Å². The second kappa shape index (κ2) is 5.98. The number of hydrogen-bond donors (Lipinski definition) is 3. The fourth-order valence-electron chi connectivity index (χ4n) is 3.13. The summed E-state index contributed by atoms with van der Waals surface area (Å²) >= 11 is 0. The summed E-state index contributed by atoms with van der Waals surface area (Å²) in [7, 11) is 0. The lowest BCUT2D eigenvalue weighted by atomic mass is 9.93. The van der Waals surface area contributed by atoms with Crippen molar-refractivity contribution in [3.05, 3.63) is 18.5 Å². The van der Waals surface area contributed by atoms with E-state index in [4.69, 9.17) is 5.73 Å². The Bertz CT molecular complexity index is 1060. The van der Waals surface area contributed by atoms with E-state index in [-0.39, 0.29) is 33.8 Å². The van der Waals surface area contributed by atoms with Crippen LogP contribution in [0.5, 0.6) is 0 Å². The molecule has 4 heterocycles. The van der Waals surface area contributed by atoms with Gasteiger partial charge in [0.2, 0.25) is 0 Å². The van der Waals surface area contributed by atoms with Crippen molar-refractivity contribution in [3.8, 4) is 11.4 Å². The summed E-state index contributed by atoms with van der Waals surface area (Å²) < 4.78 is 78.2. The van der Waals surface area contributed by atoms with E-state index < -0.39 is 37.6 Å². The number of nitrogens with zero attached hydrogens (tertiary/aromatic N) is 5. The van der Waals surface area contributed by atoms with E-state index in [9.17, 15) is 31.4 Å². The smallest absolute Gasteiger partial charge is 0.396 e. The fraction of sp³-hybridized carbons (Fsp3) is 0.400. The van der Waals surface area contributed by atoms with Crippen molar-refractivity contribution in [2.24, 2.45) is 0 Å². The number of nitrogen functional groups attached to an aromatic ring is 1. The van der Waals surface area contributed by atoms with Crippen LogP contribution in [0, 0.1) is 0 Å². The minimum atomic E-state index is -4.86. The predicted octanol–water partition coefficient (Wildman–Crippen LogP) is 2.08. The summed E-state index contributed by atoms with van der Waals surface area (Å²) in [5, 5.41) is 19.9.